The Morgan fingerprint density at radius 1 is 0.964 bits per heavy atom. The zero-order valence-electron chi connectivity index (χ0n) is 16.2. The summed E-state index contributed by atoms with van der Waals surface area (Å²) in [5.74, 6) is 1.76. The number of benzene rings is 2. The summed E-state index contributed by atoms with van der Waals surface area (Å²) in [5.41, 5.74) is 3.31. The van der Waals surface area contributed by atoms with E-state index in [0.29, 0.717) is 24.5 Å². The van der Waals surface area contributed by atoms with Crippen molar-refractivity contribution in [1.82, 2.24) is 5.16 Å². The van der Waals surface area contributed by atoms with E-state index in [0.717, 1.165) is 28.3 Å². The molecule has 3 rings (SSSR count). The molecule has 1 aromatic heterocycles. The average molecular weight is 381 g/mol. The minimum absolute atomic E-state index is 0.178. The lowest BCUT2D eigenvalue weighted by Gasteiger charge is -2.09. The Morgan fingerprint density at radius 3 is 2.43 bits per heavy atom. The molecule has 0 aliphatic carbocycles. The molecule has 6 nitrogen and oxygen atoms in total. The van der Waals surface area contributed by atoms with E-state index in [1.807, 2.05) is 45.0 Å². The molecule has 28 heavy (non-hydrogen) atoms. The molecular formula is C22H23NO5. The first-order valence-electron chi connectivity index (χ1n) is 9.04. The molecule has 1 heterocycles. The fourth-order valence-corrected chi connectivity index (χ4v) is 2.63. The van der Waals surface area contributed by atoms with E-state index in [2.05, 4.69) is 5.16 Å². The quantitative estimate of drug-likeness (QED) is 0.425. The van der Waals surface area contributed by atoms with Gasteiger partial charge in [0.15, 0.2) is 0 Å². The molecule has 0 spiro atoms. The van der Waals surface area contributed by atoms with Crippen LogP contribution in [-0.2, 0) is 11.3 Å². The summed E-state index contributed by atoms with van der Waals surface area (Å²) in [4.78, 5) is 12.1. The van der Waals surface area contributed by atoms with Gasteiger partial charge in [0.25, 0.3) is 0 Å². The highest BCUT2D eigenvalue weighted by molar-refractivity contribution is 5.89. The molecule has 0 aliphatic heterocycles. The van der Waals surface area contributed by atoms with Crippen LogP contribution in [0, 0.1) is 20.8 Å². The van der Waals surface area contributed by atoms with Gasteiger partial charge in [-0.05, 0) is 62.7 Å². The molecule has 0 radical (unpaired) electrons. The Morgan fingerprint density at radius 2 is 1.75 bits per heavy atom. The predicted molar refractivity (Wildman–Crippen MR) is 104 cm³/mol. The van der Waals surface area contributed by atoms with Gasteiger partial charge >= 0.3 is 5.97 Å². The highest BCUT2D eigenvalue weighted by Gasteiger charge is 2.11. The molecule has 0 fully saturated rings. The summed E-state index contributed by atoms with van der Waals surface area (Å²) in [6.07, 6.45) is 0. The van der Waals surface area contributed by atoms with E-state index in [9.17, 15) is 4.79 Å². The smallest absolute Gasteiger partial charge is 0.338 e. The third-order valence-corrected chi connectivity index (χ3v) is 4.23. The number of hydrogen-bond donors (Lipinski definition) is 0. The lowest BCUT2D eigenvalue weighted by Crippen LogP contribution is -2.12. The standard InChI is InChI=1S/C22H23NO5/c1-15-5-4-6-20(13-15)25-11-12-26-22(24)18-7-9-19(10-8-18)27-14-21-16(2)23-28-17(21)3/h4-10,13H,11-12,14H2,1-3H3. The van der Waals surface area contributed by atoms with Crippen molar-refractivity contribution in [1.29, 1.82) is 0 Å². The number of nitrogens with zero attached hydrogens (tertiary/aromatic N) is 1. The number of ether oxygens (including phenoxy) is 3. The Kier molecular flexibility index (Phi) is 6.32. The van der Waals surface area contributed by atoms with E-state index in [-0.39, 0.29) is 6.61 Å². The van der Waals surface area contributed by atoms with E-state index in [1.54, 1.807) is 24.3 Å². The molecular weight excluding hydrogens is 358 g/mol. The first-order chi connectivity index (χ1) is 13.5. The van der Waals surface area contributed by atoms with E-state index >= 15 is 0 Å². The van der Waals surface area contributed by atoms with Gasteiger partial charge in [-0.3, -0.25) is 0 Å². The van der Waals surface area contributed by atoms with Gasteiger partial charge in [-0.25, -0.2) is 4.79 Å². The van der Waals surface area contributed by atoms with Crippen molar-refractivity contribution < 1.29 is 23.5 Å². The molecule has 0 saturated heterocycles. The number of aromatic nitrogens is 1. The molecule has 0 N–H and O–H groups in total. The van der Waals surface area contributed by atoms with Crippen LogP contribution in [0.2, 0.25) is 0 Å². The maximum Gasteiger partial charge on any atom is 0.338 e. The third kappa shape index (κ3) is 5.13. The van der Waals surface area contributed by atoms with Crippen molar-refractivity contribution in [3.8, 4) is 11.5 Å². The SMILES string of the molecule is Cc1cccc(OCCOC(=O)c2ccc(OCc3c(C)noc3C)cc2)c1. The summed E-state index contributed by atoms with van der Waals surface area (Å²) in [6, 6.07) is 14.5. The number of carbonyl (C=O) groups excluding carboxylic acids is 1. The zero-order chi connectivity index (χ0) is 19.9. The first kappa shape index (κ1) is 19.5. The molecule has 0 saturated carbocycles. The Hall–Kier alpha value is -3.28. The normalized spacial score (nSPS) is 10.5. The minimum Gasteiger partial charge on any atom is -0.490 e. The Balaban J connectivity index is 1.44. The second-order valence-corrected chi connectivity index (χ2v) is 6.42. The van der Waals surface area contributed by atoms with Crippen LogP contribution in [0.3, 0.4) is 0 Å². The average Bonchev–Trinajstić information content (AvgIpc) is 3.01. The number of aryl methyl sites for hydroxylation is 3. The van der Waals surface area contributed by atoms with Crippen LogP contribution in [0.4, 0.5) is 0 Å². The van der Waals surface area contributed by atoms with Crippen molar-refractivity contribution >= 4 is 5.97 Å². The Bertz CT molecular complexity index is 911. The summed E-state index contributed by atoms with van der Waals surface area (Å²) in [5, 5.41) is 3.90. The maximum absolute atomic E-state index is 12.1. The molecule has 2 aromatic carbocycles. The molecule has 0 atom stereocenters. The molecule has 0 aliphatic rings. The molecule has 3 aromatic rings. The van der Waals surface area contributed by atoms with Crippen molar-refractivity contribution in [2.45, 2.75) is 27.4 Å². The molecule has 0 bridgehead atoms. The number of esters is 1. The van der Waals surface area contributed by atoms with Gasteiger partial charge in [-0.1, -0.05) is 17.3 Å². The number of carbonyl (C=O) groups is 1. The highest BCUT2D eigenvalue weighted by atomic mass is 16.6. The van der Waals surface area contributed by atoms with Crippen LogP contribution in [0.25, 0.3) is 0 Å². The van der Waals surface area contributed by atoms with Crippen LogP contribution in [0.1, 0.15) is 32.9 Å². The second kappa shape index (κ2) is 9.08. The highest BCUT2D eigenvalue weighted by Crippen LogP contribution is 2.18. The van der Waals surface area contributed by atoms with Gasteiger partial charge in [0.2, 0.25) is 0 Å². The monoisotopic (exact) mass is 381 g/mol. The maximum atomic E-state index is 12.1. The minimum atomic E-state index is -0.398. The second-order valence-electron chi connectivity index (χ2n) is 6.42. The molecule has 0 amide bonds. The summed E-state index contributed by atoms with van der Waals surface area (Å²) in [7, 11) is 0. The van der Waals surface area contributed by atoms with Crippen molar-refractivity contribution in [3.05, 3.63) is 76.7 Å². The van der Waals surface area contributed by atoms with Gasteiger partial charge in [0, 0.05) is 0 Å². The molecule has 0 unspecified atom stereocenters. The summed E-state index contributed by atoms with van der Waals surface area (Å²) < 4.78 is 21.7. The van der Waals surface area contributed by atoms with Crippen LogP contribution in [0.5, 0.6) is 11.5 Å². The number of hydrogen-bond acceptors (Lipinski definition) is 6. The number of rotatable bonds is 8. The van der Waals surface area contributed by atoms with E-state index in [1.165, 1.54) is 0 Å². The van der Waals surface area contributed by atoms with E-state index < -0.39 is 5.97 Å². The molecule has 6 heteroatoms. The van der Waals surface area contributed by atoms with Gasteiger partial charge in [0.05, 0.1) is 16.8 Å². The van der Waals surface area contributed by atoms with Crippen LogP contribution >= 0.6 is 0 Å². The van der Waals surface area contributed by atoms with Gasteiger partial charge in [-0.15, -0.1) is 0 Å². The van der Waals surface area contributed by atoms with Crippen molar-refractivity contribution in [2.75, 3.05) is 13.2 Å². The zero-order valence-corrected chi connectivity index (χ0v) is 16.2. The predicted octanol–water partition coefficient (Wildman–Crippen LogP) is 4.41. The Labute approximate surface area is 164 Å². The largest absolute Gasteiger partial charge is 0.490 e. The summed E-state index contributed by atoms with van der Waals surface area (Å²) >= 11 is 0. The molecule has 146 valence electrons. The van der Waals surface area contributed by atoms with Crippen LogP contribution in [0.15, 0.2) is 53.1 Å². The van der Waals surface area contributed by atoms with Crippen LogP contribution in [-0.4, -0.2) is 24.3 Å². The lowest BCUT2D eigenvalue weighted by molar-refractivity contribution is 0.0450. The van der Waals surface area contributed by atoms with Gasteiger partial charge < -0.3 is 18.7 Å². The van der Waals surface area contributed by atoms with Gasteiger partial charge in [-0.2, -0.15) is 0 Å². The van der Waals surface area contributed by atoms with Crippen molar-refractivity contribution in [3.63, 3.8) is 0 Å². The fraction of sp³-hybridized carbons (Fsp3) is 0.273. The first-order valence-corrected chi connectivity index (χ1v) is 9.04. The lowest BCUT2D eigenvalue weighted by atomic mass is 10.2. The van der Waals surface area contributed by atoms with E-state index in [4.69, 9.17) is 18.7 Å². The fourth-order valence-electron chi connectivity index (χ4n) is 2.63. The summed E-state index contributed by atoms with van der Waals surface area (Å²) in [6.45, 7) is 6.55. The van der Waals surface area contributed by atoms with Gasteiger partial charge in [0.1, 0.15) is 37.1 Å². The topological polar surface area (TPSA) is 70.8 Å². The van der Waals surface area contributed by atoms with Crippen LogP contribution < -0.4 is 9.47 Å². The van der Waals surface area contributed by atoms with Crippen molar-refractivity contribution in [2.24, 2.45) is 0 Å². The third-order valence-electron chi connectivity index (χ3n) is 4.23.